The highest BCUT2D eigenvalue weighted by Gasteiger charge is 2.67. The molecular formula is C29H39N3O. The summed E-state index contributed by atoms with van der Waals surface area (Å²) in [6.07, 6.45) is 3.13. The van der Waals surface area contributed by atoms with Crippen molar-refractivity contribution in [1.82, 2.24) is 15.5 Å². The molecule has 4 aliphatic rings. The van der Waals surface area contributed by atoms with Crippen LogP contribution in [0.15, 0.2) is 60.7 Å². The maximum Gasteiger partial charge on any atom is 0.240 e. The molecule has 1 unspecified atom stereocenters. The molecule has 0 spiro atoms. The van der Waals surface area contributed by atoms with Gasteiger partial charge in [0.2, 0.25) is 5.91 Å². The lowest BCUT2D eigenvalue weighted by Crippen LogP contribution is -2.77. The Balaban J connectivity index is 1.45. The Morgan fingerprint density at radius 1 is 1.09 bits per heavy atom. The van der Waals surface area contributed by atoms with Gasteiger partial charge in [-0.25, -0.2) is 0 Å². The van der Waals surface area contributed by atoms with Crippen LogP contribution in [0, 0.1) is 23.7 Å². The van der Waals surface area contributed by atoms with Crippen molar-refractivity contribution in [2.75, 3.05) is 6.54 Å². The number of carbonyl (C=O) groups excluding carboxylic acids is 1. The van der Waals surface area contributed by atoms with Crippen molar-refractivity contribution in [2.45, 2.75) is 70.7 Å². The molecule has 4 heteroatoms. The van der Waals surface area contributed by atoms with Crippen LogP contribution in [-0.2, 0) is 17.9 Å². The van der Waals surface area contributed by atoms with E-state index in [1.165, 1.54) is 5.56 Å². The molecule has 3 heterocycles. The van der Waals surface area contributed by atoms with E-state index < -0.39 is 5.54 Å². The number of rotatable bonds is 8. The molecule has 6 atom stereocenters. The number of nitrogens with one attached hydrogen (secondary N) is 2. The fraction of sp³-hybridized carbons (Fsp3) is 0.552. The molecule has 176 valence electrons. The summed E-state index contributed by atoms with van der Waals surface area (Å²) < 4.78 is 0. The third-order valence-electron chi connectivity index (χ3n) is 8.46. The van der Waals surface area contributed by atoms with Gasteiger partial charge in [0.05, 0.1) is 0 Å². The first kappa shape index (κ1) is 22.6. The van der Waals surface area contributed by atoms with Gasteiger partial charge in [-0.3, -0.25) is 15.0 Å². The first-order valence-electron chi connectivity index (χ1n) is 12.9. The minimum atomic E-state index is -0.463. The van der Waals surface area contributed by atoms with Crippen molar-refractivity contribution < 1.29 is 4.79 Å². The van der Waals surface area contributed by atoms with Gasteiger partial charge >= 0.3 is 0 Å². The van der Waals surface area contributed by atoms with Crippen LogP contribution in [0.2, 0.25) is 0 Å². The Kier molecular flexibility index (Phi) is 6.32. The van der Waals surface area contributed by atoms with Gasteiger partial charge in [-0.1, -0.05) is 81.4 Å². The van der Waals surface area contributed by atoms with Gasteiger partial charge < -0.3 is 5.32 Å². The van der Waals surface area contributed by atoms with Crippen molar-refractivity contribution in [3.8, 4) is 0 Å². The van der Waals surface area contributed by atoms with Crippen molar-refractivity contribution in [3.63, 3.8) is 0 Å². The molecule has 0 radical (unpaired) electrons. The second-order valence-corrected chi connectivity index (χ2v) is 11.0. The summed E-state index contributed by atoms with van der Waals surface area (Å²) in [5.74, 6) is 2.35. The van der Waals surface area contributed by atoms with Gasteiger partial charge in [-0.15, -0.1) is 0 Å². The van der Waals surface area contributed by atoms with E-state index in [4.69, 9.17) is 0 Å². The predicted octanol–water partition coefficient (Wildman–Crippen LogP) is 4.61. The summed E-state index contributed by atoms with van der Waals surface area (Å²) >= 11 is 0. The number of carbonyl (C=O) groups is 1. The lowest BCUT2D eigenvalue weighted by Gasteiger charge is -2.59. The van der Waals surface area contributed by atoms with Crippen LogP contribution in [0.1, 0.15) is 51.2 Å². The summed E-state index contributed by atoms with van der Waals surface area (Å²) in [5, 5.41) is 7.30. The van der Waals surface area contributed by atoms with Crippen LogP contribution in [0.3, 0.4) is 0 Å². The highest BCUT2D eigenvalue weighted by atomic mass is 16.2. The third-order valence-corrected chi connectivity index (χ3v) is 8.46. The standard InChI is InChI=1S/C29H39N3O/c1-4-25-26-23-16-29(31-25,28(33)30-17-21-11-7-5-8-12-21)24(15-20(2)3)27(26)32(19-23)18-22-13-9-6-10-14-22/h5-14,20,23-27,31H,4,15-19H2,1-3H3,(H,30,33)/t23-,24+,25?,26+,27-,29+/m1/s1. The summed E-state index contributed by atoms with van der Waals surface area (Å²) in [6.45, 7) is 9.61. The Bertz CT molecular complexity index is 946. The normalized spacial score (nSPS) is 32.9. The van der Waals surface area contributed by atoms with Crippen LogP contribution in [0.4, 0.5) is 0 Å². The number of nitrogens with zero attached hydrogens (tertiary/aromatic N) is 1. The monoisotopic (exact) mass is 445 g/mol. The maximum absolute atomic E-state index is 14.0. The van der Waals surface area contributed by atoms with E-state index in [-0.39, 0.29) is 5.91 Å². The quantitative estimate of drug-likeness (QED) is 0.624. The lowest BCUT2D eigenvalue weighted by molar-refractivity contribution is -0.143. The van der Waals surface area contributed by atoms with E-state index in [0.717, 1.165) is 37.9 Å². The molecule has 1 amide bonds. The third kappa shape index (κ3) is 4.13. The Morgan fingerprint density at radius 3 is 2.39 bits per heavy atom. The highest BCUT2D eigenvalue weighted by Crippen LogP contribution is 2.56. The van der Waals surface area contributed by atoms with Crippen LogP contribution in [0.25, 0.3) is 0 Å². The smallest absolute Gasteiger partial charge is 0.240 e. The van der Waals surface area contributed by atoms with E-state index in [1.807, 2.05) is 18.2 Å². The molecule has 2 aromatic rings. The fourth-order valence-corrected chi connectivity index (χ4v) is 7.28. The number of hydrogen-bond donors (Lipinski definition) is 2. The number of hydrogen-bond acceptors (Lipinski definition) is 3. The topological polar surface area (TPSA) is 44.4 Å². The van der Waals surface area contributed by atoms with E-state index >= 15 is 0 Å². The molecule has 2 N–H and O–H groups in total. The second-order valence-electron chi connectivity index (χ2n) is 11.0. The molecular weight excluding hydrogens is 406 g/mol. The molecule has 4 bridgehead atoms. The number of amides is 1. The molecule has 1 aliphatic carbocycles. The maximum atomic E-state index is 14.0. The molecule has 6 rings (SSSR count). The van der Waals surface area contributed by atoms with E-state index in [2.05, 4.69) is 78.8 Å². The minimum absolute atomic E-state index is 0.213. The Hall–Kier alpha value is -2.17. The van der Waals surface area contributed by atoms with Gasteiger partial charge in [0.15, 0.2) is 0 Å². The Morgan fingerprint density at radius 2 is 1.76 bits per heavy atom. The zero-order chi connectivity index (χ0) is 23.0. The molecule has 3 aliphatic heterocycles. The van der Waals surface area contributed by atoms with Crippen LogP contribution in [-0.4, -0.2) is 35.0 Å². The lowest BCUT2D eigenvalue weighted by atomic mass is 9.55. The molecule has 1 saturated carbocycles. The largest absolute Gasteiger partial charge is 0.350 e. The van der Waals surface area contributed by atoms with Gasteiger partial charge in [-0.2, -0.15) is 0 Å². The molecule has 4 fully saturated rings. The summed E-state index contributed by atoms with van der Waals surface area (Å²) in [4.78, 5) is 16.7. The summed E-state index contributed by atoms with van der Waals surface area (Å²) in [6, 6.07) is 22.1. The van der Waals surface area contributed by atoms with Gasteiger partial charge in [0.1, 0.15) is 5.54 Å². The number of benzene rings is 2. The van der Waals surface area contributed by atoms with Crippen molar-refractivity contribution in [2.24, 2.45) is 23.7 Å². The van der Waals surface area contributed by atoms with Crippen LogP contribution >= 0.6 is 0 Å². The molecule has 0 aromatic heterocycles. The van der Waals surface area contributed by atoms with Gasteiger partial charge in [-0.05, 0) is 48.1 Å². The predicted molar refractivity (Wildman–Crippen MR) is 133 cm³/mol. The van der Waals surface area contributed by atoms with Gasteiger partial charge in [0, 0.05) is 37.6 Å². The zero-order valence-corrected chi connectivity index (χ0v) is 20.3. The highest BCUT2D eigenvalue weighted by molar-refractivity contribution is 5.87. The first-order valence-corrected chi connectivity index (χ1v) is 12.9. The van der Waals surface area contributed by atoms with Crippen molar-refractivity contribution >= 4 is 5.91 Å². The van der Waals surface area contributed by atoms with E-state index in [9.17, 15) is 4.79 Å². The number of piperidine rings is 2. The average Bonchev–Trinajstić information content (AvgIpc) is 3.13. The first-order chi connectivity index (χ1) is 16.0. The van der Waals surface area contributed by atoms with Crippen molar-refractivity contribution in [3.05, 3.63) is 71.8 Å². The SMILES string of the molecule is CCC1N[C@@]2(C(=O)NCc3ccccc3)C[C@@H]3CN(Cc4ccccc4)[C@@H]([C@H]13)[C@@H]2CC(C)C. The number of fused-ring (bicyclic) bond motifs is 1. The molecule has 4 nitrogen and oxygen atoms in total. The fourth-order valence-electron chi connectivity index (χ4n) is 7.28. The summed E-state index contributed by atoms with van der Waals surface area (Å²) in [5.41, 5.74) is 2.08. The van der Waals surface area contributed by atoms with Gasteiger partial charge in [0.25, 0.3) is 0 Å². The average molecular weight is 446 g/mol. The molecule has 33 heavy (non-hydrogen) atoms. The van der Waals surface area contributed by atoms with E-state index in [0.29, 0.717) is 42.3 Å². The zero-order valence-electron chi connectivity index (χ0n) is 20.3. The summed E-state index contributed by atoms with van der Waals surface area (Å²) in [7, 11) is 0. The van der Waals surface area contributed by atoms with Crippen LogP contribution in [0.5, 0.6) is 0 Å². The Labute approximate surface area is 199 Å². The molecule has 2 aromatic carbocycles. The minimum Gasteiger partial charge on any atom is -0.350 e. The van der Waals surface area contributed by atoms with Crippen LogP contribution < -0.4 is 10.6 Å². The van der Waals surface area contributed by atoms with E-state index in [1.54, 1.807) is 0 Å². The second kappa shape index (κ2) is 9.23. The van der Waals surface area contributed by atoms with Crippen molar-refractivity contribution in [1.29, 1.82) is 0 Å². The number of likely N-dealkylation sites (tertiary alicyclic amines) is 1. The molecule has 3 saturated heterocycles.